The number of aryl methyl sites for hydroxylation is 1. The highest BCUT2D eigenvalue weighted by Crippen LogP contribution is 2.11. The van der Waals surface area contributed by atoms with Crippen LogP contribution in [0.25, 0.3) is 0 Å². The van der Waals surface area contributed by atoms with Gasteiger partial charge < -0.3 is 10.5 Å². The fourth-order valence-electron chi connectivity index (χ4n) is 1.37. The molecular formula is C11H16N2O4S. The molecule has 0 radical (unpaired) electrons. The van der Waals surface area contributed by atoms with Crippen molar-refractivity contribution in [2.45, 2.75) is 17.9 Å². The van der Waals surface area contributed by atoms with E-state index < -0.39 is 22.0 Å². The van der Waals surface area contributed by atoms with E-state index in [4.69, 9.17) is 5.73 Å². The van der Waals surface area contributed by atoms with Gasteiger partial charge in [0.15, 0.2) is 0 Å². The summed E-state index contributed by atoms with van der Waals surface area (Å²) < 4.78 is 30.7. The monoisotopic (exact) mass is 272 g/mol. The van der Waals surface area contributed by atoms with Crippen LogP contribution in [0.5, 0.6) is 0 Å². The number of benzene rings is 1. The van der Waals surface area contributed by atoms with Crippen LogP contribution in [-0.4, -0.2) is 34.1 Å². The summed E-state index contributed by atoms with van der Waals surface area (Å²) in [6.07, 6.45) is 0. The predicted octanol–water partition coefficient (Wildman–Crippen LogP) is -0.226. The summed E-state index contributed by atoms with van der Waals surface area (Å²) in [6.45, 7) is 1.61. The molecule has 1 aromatic rings. The normalized spacial score (nSPS) is 13.1. The molecule has 1 rings (SSSR count). The first-order valence-corrected chi connectivity index (χ1v) is 6.76. The molecule has 1 aromatic carbocycles. The number of ether oxygens (including phenoxy) is 1. The van der Waals surface area contributed by atoms with Crippen molar-refractivity contribution in [2.24, 2.45) is 5.73 Å². The standard InChI is InChI=1S/C11H16N2O4S/c1-8-4-3-5-9(6-8)18(15,16)13-10(7-12)11(14)17-2/h3-6,10,13H,7,12H2,1-2H3. The number of carbonyl (C=O) groups is 1. The molecule has 1 unspecified atom stereocenters. The van der Waals surface area contributed by atoms with Crippen molar-refractivity contribution in [3.8, 4) is 0 Å². The summed E-state index contributed by atoms with van der Waals surface area (Å²) in [4.78, 5) is 11.4. The number of rotatable bonds is 5. The zero-order chi connectivity index (χ0) is 13.8. The van der Waals surface area contributed by atoms with E-state index >= 15 is 0 Å². The number of hydrogen-bond acceptors (Lipinski definition) is 5. The van der Waals surface area contributed by atoms with Crippen molar-refractivity contribution in [2.75, 3.05) is 13.7 Å². The van der Waals surface area contributed by atoms with E-state index in [-0.39, 0.29) is 11.4 Å². The van der Waals surface area contributed by atoms with E-state index in [0.29, 0.717) is 0 Å². The van der Waals surface area contributed by atoms with Gasteiger partial charge in [0.2, 0.25) is 10.0 Å². The summed E-state index contributed by atoms with van der Waals surface area (Å²) in [5, 5.41) is 0. The Labute approximate surface area is 106 Å². The Morgan fingerprint density at radius 3 is 2.67 bits per heavy atom. The van der Waals surface area contributed by atoms with Crippen molar-refractivity contribution in [1.29, 1.82) is 0 Å². The molecule has 7 heteroatoms. The largest absolute Gasteiger partial charge is 0.468 e. The highest BCUT2D eigenvalue weighted by atomic mass is 32.2. The minimum absolute atomic E-state index is 0.0878. The van der Waals surface area contributed by atoms with Gasteiger partial charge in [-0.05, 0) is 24.6 Å². The fraction of sp³-hybridized carbons (Fsp3) is 0.364. The third-order valence-corrected chi connectivity index (χ3v) is 3.79. The molecular weight excluding hydrogens is 256 g/mol. The molecule has 0 saturated heterocycles. The number of nitrogens with one attached hydrogen (secondary N) is 1. The molecule has 0 amide bonds. The van der Waals surface area contributed by atoms with Crippen LogP contribution in [0.1, 0.15) is 5.56 Å². The lowest BCUT2D eigenvalue weighted by molar-refractivity contribution is -0.142. The van der Waals surface area contributed by atoms with E-state index in [9.17, 15) is 13.2 Å². The van der Waals surface area contributed by atoms with Crippen LogP contribution in [0.4, 0.5) is 0 Å². The maximum Gasteiger partial charge on any atom is 0.325 e. The molecule has 0 aromatic heterocycles. The van der Waals surface area contributed by atoms with Crippen molar-refractivity contribution in [3.63, 3.8) is 0 Å². The second-order valence-electron chi connectivity index (χ2n) is 3.75. The zero-order valence-corrected chi connectivity index (χ0v) is 11.0. The summed E-state index contributed by atoms with van der Waals surface area (Å²) in [7, 11) is -2.61. The molecule has 0 spiro atoms. The summed E-state index contributed by atoms with van der Waals surface area (Å²) in [5.41, 5.74) is 6.14. The molecule has 0 saturated carbocycles. The first-order valence-electron chi connectivity index (χ1n) is 5.27. The Morgan fingerprint density at radius 2 is 2.17 bits per heavy atom. The second-order valence-corrected chi connectivity index (χ2v) is 5.46. The number of carbonyl (C=O) groups excluding carboxylic acids is 1. The summed E-state index contributed by atoms with van der Waals surface area (Å²) in [5.74, 6) is -0.714. The van der Waals surface area contributed by atoms with Gasteiger partial charge in [-0.2, -0.15) is 4.72 Å². The van der Waals surface area contributed by atoms with Crippen LogP contribution >= 0.6 is 0 Å². The van der Waals surface area contributed by atoms with Gasteiger partial charge in [-0.15, -0.1) is 0 Å². The second kappa shape index (κ2) is 5.94. The lowest BCUT2D eigenvalue weighted by Gasteiger charge is -2.14. The van der Waals surface area contributed by atoms with E-state index in [2.05, 4.69) is 9.46 Å². The fourth-order valence-corrected chi connectivity index (χ4v) is 2.67. The molecule has 0 aliphatic rings. The third-order valence-electron chi connectivity index (χ3n) is 2.32. The van der Waals surface area contributed by atoms with Gasteiger partial charge in [-0.3, -0.25) is 4.79 Å². The lowest BCUT2D eigenvalue weighted by atomic mass is 10.2. The minimum atomic E-state index is -3.78. The quantitative estimate of drug-likeness (QED) is 0.722. The maximum absolute atomic E-state index is 12.0. The Kier molecular flexibility index (Phi) is 4.83. The molecule has 6 nitrogen and oxygen atoms in total. The zero-order valence-electron chi connectivity index (χ0n) is 10.2. The molecule has 18 heavy (non-hydrogen) atoms. The average Bonchev–Trinajstić information content (AvgIpc) is 2.35. The lowest BCUT2D eigenvalue weighted by Crippen LogP contribution is -2.46. The molecule has 0 heterocycles. The highest BCUT2D eigenvalue weighted by Gasteiger charge is 2.25. The Morgan fingerprint density at radius 1 is 1.50 bits per heavy atom. The van der Waals surface area contributed by atoms with Gasteiger partial charge in [0, 0.05) is 6.54 Å². The first kappa shape index (κ1) is 14.6. The van der Waals surface area contributed by atoms with E-state index in [1.54, 1.807) is 19.1 Å². The van der Waals surface area contributed by atoms with E-state index in [0.717, 1.165) is 5.56 Å². The first-order chi connectivity index (χ1) is 8.40. The number of esters is 1. The molecule has 1 atom stereocenters. The Hall–Kier alpha value is -1.44. The van der Waals surface area contributed by atoms with Gasteiger partial charge in [0.1, 0.15) is 6.04 Å². The molecule has 0 bridgehead atoms. The smallest absolute Gasteiger partial charge is 0.325 e. The van der Waals surface area contributed by atoms with E-state index in [1.807, 2.05) is 0 Å². The minimum Gasteiger partial charge on any atom is -0.468 e. The van der Waals surface area contributed by atoms with Crippen LogP contribution in [0.2, 0.25) is 0 Å². The molecule has 0 fully saturated rings. The van der Waals surface area contributed by atoms with Crippen molar-refractivity contribution >= 4 is 16.0 Å². The van der Waals surface area contributed by atoms with Crippen molar-refractivity contribution in [3.05, 3.63) is 29.8 Å². The Balaban J connectivity index is 2.97. The summed E-state index contributed by atoms with van der Waals surface area (Å²) >= 11 is 0. The van der Waals surface area contributed by atoms with Gasteiger partial charge >= 0.3 is 5.97 Å². The van der Waals surface area contributed by atoms with Gasteiger partial charge in [0.25, 0.3) is 0 Å². The molecule has 100 valence electrons. The van der Waals surface area contributed by atoms with Crippen molar-refractivity contribution < 1.29 is 17.9 Å². The Bertz CT molecular complexity index is 528. The topological polar surface area (TPSA) is 98.5 Å². The van der Waals surface area contributed by atoms with Crippen LogP contribution in [0.3, 0.4) is 0 Å². The molecule has 0 aliphatic carbocycles. The van der Waals surface area contributed by atoms with Gasteiger partial charge in [-0.25, -0.2) is 8.42 Å². The van der Waals surface area contributed by atoms with Crippen LogP contribution in [-0.2, 0) is 19.6 Å². The predicted molar refractivity (Wildman–Crippen MR) is 66.4 cm³/mol. The van der Waals surface area contributed by atoms with Gasteiger partial charge in [0.05, 0.1) is 12.0 Å². The van der Waals surface area contributed by atoms with Gasteiger partial charge in [-0.1, -0.05) is 12.1 Å². The van der Waals surface area contributed by atoms with Crippen molar-refractivity contribution in [1.82, 2.24) is 4.72 Å². The average molecular weight is 272 g/mol. The summed E-state index contributed by atoms with van der Waals surface area (Å²) in [6, 6.07) is 5.27. The van der Waals surface area contributed by atoms with Crippen LogP contribution in [0, 0.1) is 6.92 Å². The number of nitrogens with two attached hydrogens (primary N) is 1. The maximum atomic E-state index is 12.0. The number of methoxy groups -OCH3 is 1. The molecule has 3 N–H and O–H groups in total. The van der Waals surface area contributed by atoms with Crippen LogP contribution in [0.15, 0.2) is 29.2 Å². The highest BCUT2D eigenvalue weighted by molar-refractivity contribution is 7.89. The van der Waals surface area contributed by atoms with E-state index in [1.165, 1.54) is 19.2 Å². The number of hydrogen-bond donors (Lipinski definition) is 2. The SMILES string of the molecule is COC(=O)C(CN)NS(=O)(=O)c1cccc(C)c1. The molecule has 0 aliphatic heterocycles. The third kappa shape index (κ3) is 3.52. The number of sulfonamides is 1. The van der Waals surface area contributed by atoms with Crippen LogP contribution < -0.4 is 10.5 Å².